The zero-order chi connectivity index (χ0) is 29.1. The van der Waals surface area contributed by atoms with Gasteiger partial charge in [-0.05, 0) is 48.1 Å². The van der Waals surface area contributed by atoms with Crippen molar-refractivity contribution in [1.29, 1.82) is 0 Å². The van der Waals surface area contributed by atoms with E-state index in [0.717, 1.165) is 25.3 Å². The molecule has 1 spiro atoms. The van der Waals surface area contributed by atoms with Gasteiger partial charge in [0.1, 0.15) is 17.5 Å². The average molecular weight is 601 g/mol. The number of fused-ring (bicyclic) bond motifs is 1. The number of ether oxygens (including phenoxy) is 1. The Morgan fingerprint density at radius 3 is 2.63 bits per heavy atom. The Morgan fingerprint density at radius 2 is 1.88 bits per heavy atom. The van der Waals surface area contributed by atoms with E-state index >= 15 is 0 Å². The smallest absolute Gasteiger partial charge is 0.246 e. The van der Waals surface area contributed by atoms with E-state index in [9.17, 15) is 18.8 Å². The number of rotatable bonds is 6. The lowest BCUT2D eigenvalue weighted by Crippen LogP contribution is -2.57. The first-order chi connectivity index (χ1) is 19.6. The Hall–Kier alpha value is -2.94. The third kappa shape index (κ3) is 4.74. The fraction of sp³-hybridized carbons (Fsp3) is 0.452. The molecule has 7 nitrogen and oxygen atoms in total. The fourth-order valence-electron chi connectivity index (χ4n) is 7.09. The molecule has 10 heteroatoms. The molecule has 1 saturated carbocycles. The Labute approximate surface area is 248 Å². The van der Waals surface area contributed by atoms with E-state index in [1.807, 2.05) is 12.1 Å². The van der Waals surface area contributed by atoms with Crippen molar-refractivity contribution in [3.8, 4) is 0 Å². The summed E-state index contributed by atoms with van der Waals surface area (Å²) in [6.45, 7) is 4.44. The highest BCUT2D eigenvalue weighted by Crippen LogP contribution is 2.55. The molecular formula is C31H32Cl2FN3O4. The highest BCUT2D eigenvalue weighted by molar-refractivity contribution is 6.31. The van der Waals surface area contributed by atoms with Crippen LogP contribution in [-0.4, -0.2) is 46.4 Å². The van der Waals surface area contributed by atoms with E-state index in [2.05, 4.69) is 24.5 Å². The van der Waals surface area contributed by atoms with E-state index in [-0.39, 0.29) is 35.3 Å². The molecule has 2 aromatic carbocycles. The van der Waals surface area contributed by atoms with Gasteiger partial charge in [-0.2, -0.15) is 0 Å². The number of halogens is 3. The quantitative estimate of drug-likeness (QED) is 0.437. The molecule has 0 radical (unpaired) electrons. The van der Waals surface area contributed by atoms with Crippen LogP contribution in [0, 0.1) is 29.5 Å². The van der Waals surface area contributed by atoms with Crippen molar-refractivity contribution in [3.05, 3.63) is 76.0 Å². The predicted octanol–water partition coefficient (Wildman–Crippen LogP) is 5.36. The maximum atomic E-state index is 14.2. The van der Waals surface area contributed by atoms with Crippen LogP contribution >= 0.6 is 23.2 Å². The molecular weight excluding hydrogens is 568 g/mol. The van der Waals surface area contributed by atoms with Crippen molar-refractivity contribution >= 4 is 46.6 Å². The van der Waals surface area contributed by atoms with E-state index in [1.165, 1.54) is 17.0 Å². The number of amides is 3. The molecule has 41 heavy (non-hydrogen) atoms. The highest BCUT2D eigenvalue weighted by atomic mass is 35.5. The van der Waals surface area contributed by atoms with Crippen LogP contribution in [0.15, 0.2) is 54.6 Å². The molecule has 1 aliphatic carbocycles. The second kappa shape index (κ2) is 10.7. The van der Waals surface area contributed by atoms with Gasteiger partial charge in [0.25, 0.3) is 0 Å². The van der Waals surface area contributed by atoms with Gasteiger partial charge in [0.2, 0.25) is 17.7 Å². The molecule has 0 aromatic heterocycles. The topological polar surface area (TPSA) is 87.7 Å². The second-order valence-electron chi connectivity index (χ2n) is 11.8. The summed E-state index contributed by atoms with van der Waals surface area (Å²) in [6, 6.07) is 10.1. The minimum absolute atomic E-state index is 0.0242. The van der Waals surface area contributed by atoms with Gasteiger partial charge >= 0.3 is 0 Å². The third-order valence-corrected chi connectivity index (χ3v) is 10.1. The van der Waals surface area contributed by atoms with Crippen molar-refractivity contribution in [1.82, 2.24) is 10.2 Å². The largest absolute Gasteiger partial charge is 0.359 e. The number of hydrogen-bond acceptors (Lipinski definition) is 4. The standard InChI is InChI=1S/C31H32Cl2FN3O4/c1-16-6-5-9-23(17(16)2)36-29(39)27-31-13-12-24(41-31)25(28(38)35-19-10-11-22(34)21(33)14-19)26(31)30(40)37(27)15-18-7-3-4-8-20(18)32/h3-4,7-8,10-14,16-17,23-27H,5-6,9,15H2,1-2H3,(H,35,38)(H,36,39)/t16-,17-,23+,24-,25+,26-,27+,31+/m1/s1. The minimum Gasteiger partial charge on any atom is -0.359 e. The number of likely N-dealkylation sites (tertiary alicyclic amines) is 1. The summed E-state index contributed by atoms with van der Waals surface area (Å²) >= 11 is 12.4. The van der Waals surface area contributed by atoms with Crippen LogP contribution in [-0.2, 0) is 25.7 Å². The van der Waals surface area contributed by atoms with Crippen LogP contribution < -0.4 is 10.6 Å². The van der Waals surface area contributed by atoms with E-state index < -0.39 is 41.3 Å². The molecule has 2 N–H and O–H groups in total. The monoisotopic (exact) mass is 599 g/mol. The fourth-order valence-corrected chi connectivity index (χ4v) is 7.47. The molecule has 3 amide bonds. The Kier molecular flexibility index (Phi) is 7.37. The lowest BCUT2D eigenvalue weighted by Gasteiger charge is -2.38. The van der Waals surface area contributed by atoms with Gasteiger partial charge in [-0.1, -0.05) is 80.2 Å². The van der Waals surface area contributed by atoms with Gasteiger partial charge in [0.05, 0.1) is 23.0 Å². The van der Waals surface area contributed by atoms with Gasteiger partial charge in [-0.15, -0.1) is 0 Å². The normalized spacial score (nSPS) is 33.6. The number of hydrogen-bond donors (Lipinski definition) is 2. The molecule has 3 heterocycles. The SMILES string of the molecule is C[C@@H]1[C@H](C)CCC[C@@H]1NC(=O)[C@@H]1N(Cc2ccccc2Cl)C(=O)[C@H]2[C@@H](C(=O)Nc3ccc(F)c(Cl)c3)[C@H]3C=C[C@@]12O3. The molecule has 3 fully saturated rings. The first kappa shape index (κ1) is 28.2. The Bertz CT molecular complexity index is 1440. The second-order valence-corrected chi connectivity index (χ2v) is 12.6. The van der Waals surface area contributed by atoms with Crippen LogP contribution in [0.5, 0.6) is 0 Å². The molecule has 8 atom stereocenters. The van der Waals surface area contributed by atoms with Gasteiger partial charge in [-0.25, -0.2) is 4.39 Å². The lowest BCUT2D eigenvalue weighted by atomic mass is 9.73. The Morgan fingerprint density at radius 1 is 1.10 bits per heavy atom. The van der Waals surface area contributed by atoms with Crippen LogP contribution in [0.25, 0.3) is 0 Å². The summed E-state index contributed by atoms with van der Waals surface area (Å²) < 4.78 is 20.1. The summed E-state index contributed by atoms with van der Waals surface area (Å²) in [6.07, 6.45) is 5.85. The zero-order valence-electron chi connectivity index (χ0n) is 22.8. The third-order valence-electron chi connectivity index (χ3n) is 9.45. The number of carbonyl (C=O) groups excluding carboxylic acids is 3. The maximum Gasteiger partial charge on any atom is 0.246 e. The molecule has 2 saturated heterocycles. The molecule has 216 valence electrons. The van der Waals surface area contributed by atoms with Gasteiger partial charge in [0.15, 0.2) is 0 Å². The van der Waals surface area contributed by atoms with Gasteiger partial charge < -0.3 is 20.3 Å². The van der Waals surface area contributed by atoms with Crippen LogP contribution in [0.2, 0.25) is 10.0 Å². The van der Waals surface area contributed by atoms with E-state index in [1.54, 1.807) is 24.3 Å². The van der Waals surface area contributed by atoms with E-state index in [4.69, 9.17) is 27.9 Å². The average Bonchev–Trinajstić information content (AvgIpc) is 3.58. The molecule has 0 unspecified atom stereocenters. The summed E-state index contributed by atoms with van der Waals surface area (Å²) in [5.74, 6) is -2.77. The minimum atomic E-state index is -1.31. The number of benzene rings is 2. The number of nitrogens with zero attached hydrogens (tertiary/aromatic N) is 1. The van der Waals surface area contributed by atoms with E-state index in [0.29, 0.717) is 22.2 Å². The van der Waals surface area contributed by atoms with Crippen molar-refractivity contribution in [2.75, 3.05) is 5.32 Å². The molecule has 4 aliphatic rings. The van der Waals surface area contributed by atoms with Crippen molar-refractivity contribution in [3.63, 3.8) is 0 Å². The maximum absolute atomic E-state index is 14.2. The molecule has 3 aliphatic heterocycles. The van der Waals surface area contributed by atoms with Crippen LogP contribution in [0.1, 0.15) is 38.7 Å². The summed E-state index contributed by atoms with van der Waals surface area (Å²) in [4.78, 5) is 43.5. The van der Waals surface area contributed by atoms with Crippen molar-refractivity contribution in [2.45, 2.75) is 63.4 Å². The summed E-state index contributed by atoms with van der Waals surface area (Å²) in [5.41, 5.74) is -0.314. The number of anilines is 1. The first-order valence-corrected chi connectivity index (χ1v) is 14.8. The van der Waals surface area contributed by atoms with Crippen molar-refractivity contribution < 1.29 is 23.5 Å². The summed E-state index contributed by atoms with van der Waals surface area (Å²) in [5, 5.41) is 6.36. The van der Waals surface area contributed by atoms with Gasteiger partial charge in [-0.3, -0.25) is 14.4 Å². The highest BCUT2D eigenvalue weighted by Gasteiger charge is 2.72. The van der Waals surface area contributed by atoms with Gasteiger partial charge in [0, 0.05) is 23.3 Å². The predicted molar refractivity (Wildman–Crippen MR) is 154 cm³/mol. The van der Waals surface area contributed by atoms with Crippen LogP contribution in [0.4, 0.5) is 10.1 Å². The summed E-state index contributed by atoms with van der Waals surface area (Å²) in [7, 11) is 0. The first-order valence-electron chi connectivity index (χ1n) is 14.1. The van der Waals surface area contributed by atoms with Crippen molar-refractivity contribution in [2.24, 2.45) is 23.7 Å². The zero-order valence-corrected chi connectivity index (χ0v) is 24.3. The molecule has 2 bridgehead atoms. The Balaban J connectivity index is 1.34. The number of nitrogens with one attached hydrogen (secondary N) is 2. The number of carbonyl (C=O) groups is 3. The molecule has 2 aromatic rings. The van der Waals surface area contributed by atoms with Crippen LogP contribution in [0.3, 0.4) is 0 Å². The molecule has 6 rings (SSSR count). The lowest BCUT2D eigenvalue weighted by molar-refractivity contribution is -0.142.